The van der Waals surface area contributed by atoms with Crippen LogP contribution in [0.5, 0.6) is 0 Å². The molecule has 2 N–H and O–H groups in total. The van der Waals surface area contributed by atoms with Crippen LogP contribution in [0.15, 0.2) is 0 Å². The second-order valence-electron chi connectivity index (χ2n) is 4.55. The first-order valence-corrected chi connectivity index (χ1v) is 7.32. The summed E-state index contributed by atoms with van der Waals surface area (Å²) in [6.45, 7) is 4.44. The van der Waals surface area contributed by atoms with Crippen molar-refractivity contribution in [3.63, 3.8) is 0 Å². The van der Waals surface area contributed by atoms with Crippen LogP contribution in [0, 0.1) is 0 Å². The molecule has 1 saturated heterocycles. The number of ether oxygens (including phenoxy) is 1. The summed E-state index contributed by atoms with van der Waals surface area (Å²) in [6, 6.07) is 0. The summed E-state index contributed by atoms with van der Waals surface area (Å²) in [5, 5.41) is 4.46. The minimum atomic E-state index is -3.56. The van der Waals surface area contributed by atoms with Crippen LogP contribution in [0.1, 0.15) is 26.7 Å². The van der Waals surface area contributed by atoms with Gasteiger partial charge in [-0.05, 0) is 26.7 Å². The van der Waals surface area contributed by atoms with E-state index in [2.05, 4.69) is 0 Å². The van der Waals surface area contributed by atoms with Crippen LogP contribution in [0.4, 0.5) is 0 Å². The second kappa shape index (κ2) is 5.79. The van der Waals surface area contributed by atoms with Gasteiger partial charge in [0.15, 0.2) is 0 Å². The van der Waals surface area contributed by atoms with Gasteiger partial charge in [0.1, 0.15) is 6.61 Å². The van der Waals surface area contributed by atoms with Gasteiger partial charge in [-0.3, -0.25) is 4.79 Å². The van der Waals surface area contributed by atoms with Crippen LogP contribution >= 0.6 is 0 Å². The minimum absolute atomic E-state index is 0.00495. The third-order valence-electron chi connectivity index (χ3n) is 2.74. The molecule has 0 aromatic carbocycles. The van der Waals surface area contributed by atoms with Crippen molar-refractivity contribution < 1.29 is 17.9 Å². The van der Waals surface area contributed by atoms with Crippen LogP contribution in [0.3, 0.4) is 0 Å². The molecule has 1 amide bonds. The molecule has 17 heavy (non-hydrogen) atoms. The first-order valence-electron chi connectivity index (χ1n) is 5.71. The zero-order valence-electron chi connectivity index (χ0n) is 10.3. The maximum Gasteiger partial charge on any atom is 0.248 e. The smallest absolute Gasteiger partial charge is 0.248 e. The van der Waals surface area contributed by atoms with Crippen molar-refractivity contribution in [2.45, 2.75) is 38.0 Å². The molecule has 1 fully saturated rings. The predicted octanol–water partition coefficient (Wildman–Crippen LogP) is -0.309. The molecule has 7 heteroatoms. The quantitative estimate of drug-likeness (QED) is 0.754. The standard InChI is InChI=1S/C10H20N2O4S/c1-8(2)16-7-10(13)12-5-3-4-9(6-12)17(11,14)15/h8-9H,3-7H2,1-2H3,(H2,11,14,15). The Morgan fingerprint density at radius 1 is 1.53 bits per heavy atom. The van der Waals surface area contributed by atoms with Crippen molar-refractivity contribution in [1.29, 1.82) is 0 Å². The normalized spacial score (nSPS) is 21.9. The molecule has 6 nitrogen and oxygen atoms in total. The molecule has 0 spiro atoms. The molecular formula is C10H20N2O4S. The van der Waals surface area contributed by atoms with Crippen molar-refractivity contribution >= 4 is 15.9 Å². The fourth-order valence-electron chi connectivity index (χ4n) is 1.76. The number of carbonyl (C=O) groups excluding carboxylic acids is 1. The largest absolute Gasteiger partial charge is 0.369 e. The molecule has 1 aliphatic rings. The summed E-state index contributed by atoms with van der Waals surface area (Å²) >= 11 is 0. The van der Waals surface area contributed by atoms with Gasteiger partial charge >= 0.3 is 0 Å². The molecule has 0 aliphatic carbocycles. The van der Waals surface area contributed by atoms with Gasteiger partial charge in [0.25, 0.3) is 0 Å². The van der Waals surface area contributed by atoms with E-state index in [0.717, 1.165) is 0 Å². The van der Waals surface area contributed by atoms with E-state index in [0.29, 0.717) is 19.4 Å². The topological polar surface area (TPSA) is 89.7 Å². The summed E-state index contributed by atoms with van der Waals surface area (Å²) < 4.78 is 27.7. The molecular weight excluding hydrogens is 244 g/mol. The summed E-state index contributed by atoms with van der Waals surface area (Å²) in [6.07, 6.45) is 1.17. The van der Waals surface area contributed by atoms with Gasteiger partial charge in [0, 0.05) is 13.1 Å². The van der Waals surface area contributed by atoms with Crippen LogP contribution in [0.25, 0.3) is 0 Å². The molecule has 0 saturated carbocycles. The van der Waals surface area contributed by atoms with E-state index in [9.17, 15) is 13.2 Å². The number of primary sulfonamides is 1. The molecule has 1 heterocycles. The molecule has 0 bridgehead atoms. The SMILES string of the molecule is CC(C)OCC(=O)N1CCCC(S(N)(=O)=O)C1. The summed E-state index contributed by atoms with van der Waals surface area (Å²) in [5.74, 6) is -0.174. The van der Waals surface area contributed by atoms with E-state index in [1.165, 1.54) is 4.90 Å². The summed E-state index contributed by atoms with van der Waals surface area (Å²) in [7, 11) is -3.56. The van der Waals surface area contributed by atoms with Gasteiger partial charge < -0.3 is 9.64 Å². The van der Waals surface area contributed by atoms with Crippen LogP contribution < -0.4 is 5.14 Å². The lowest BCUT2D eigenvalue weighted by Gasteiger charge is -2.31. The third-order valence-corrected chi connectivity index (χ3v) is 4.05. The van der Waals surface area contributed by atoms with Gasteiger partial charge in [0.05, 0.1) is 11.4 Å². The number of sulfonamides is 1. The van der Waals surface area contributed by atoms with Crippen molar-refractivity contribution in [3.05, 3.63) is 0 Å². The van der Waals surface area contributed by atoms with E-state index in [-0.39, 0.29) is 25.2 Å². The lowest BCUT2D eigenvalue weighted by atomic mass is 10.1. The highest BCUT2D eigenvalue weighted by molar-refractivity contribution is 7.89. The highest BCUT2D eigenvalue weighted by Gasteiger charge is 2.30. The number of nitrogens with two attached hydrogens (primary N) is 1. The Morgan fingerprint density at radius 2 is 2.18 bits per heavy atom. The average Bonchev–Trinajstić information content (AvgIpc) is 2.25. The maximum absolute atomic E-state index is 11.7. The third kappa shape index (κ3) is 4.61. The van der Waals surface area contributed by atoms with Crippen LogP contribution in [-0.4, -0.2) is 50.3 Å². The first kappa shape index (κ1) is 14.4. The van der Waals surface area contributed by atoms with E-state index >= 15 is 0 Å². The molecule has 1 atom stereocenters. The fourth-order valence-corrected chi connectivity index (χ4v) is 2.65. The second-order valence-corrected chi connectivity index (χ2v) is 6.40. The molecule has 1 unspecified atom stereocenters. The van der Waals surface area contributed by atoms with Crippen molar-refractivity contribution in [2.75, 3.05) is 19.7 Å². The Bertz CT molecular complexity index is 367. The number of nitrogens with zero attached hydrogens (tertiary/aromatic N) is 1. The van der Waals surface area contributed by atoms with Crippen molar-refractivity contribution in [2.24, 2.45) is 5.14 Å². The van der Waals surface area contributed by atoms with E-state index in [1.54, 1.807) is 0 Å². The lowest BCUT2D eigenvalue weighted by molar-refractivity contribution is -0.138. The molecule has 0 aromatic rings. The number of amides is 1. The number of rotatable bonds is 4. The van der Waals surface area contributed by atoms with Gasteiger partial charge in [-0.1, -0.05) is 0 Å². The number of carbonyl (C=O) groups is 1. The Kier molecular flexibility index (Phi) is 4.91. The molecule has 100 valence electrons. The maximum atomic E-state index is 11.7. The van der Waals surface area contributed by atoms with Crippen LogP contribution in [0.2, 0.25) is 0 Å². The van der Waals surface area contributed by atoms with Gasteiger partial charge in [-0.2, -0.15) is 0 Å². The fraction of sp³-hybridized carbons (Fsp3) is 0.900. The zero-order chi connectivity index (χ0) is 13.1. The predicted molar refractivity (Wildman–Crippen MR) is 63.8 cm³/mol. The van der Waals surface area contributed by atoms with Gasteiger partial charge in [-0.25, -0.2) is 13.6 Å². The molecule has 0 radical (unpaired) electrons. The van der Waals surface area contributed by atoms with Crippen LogP contribution in [-0.2, 0) is 19.6 Å². The summed E-state index contributed by atoms with van der Waals surface area (Å²) in [5.41, 5.74) is 0. The Labute approximate surface area is 102 Å². The highest BCUT2D eigenvalue weighted by Crippen LogP contribution is 2.15. The van der Waals surface area contributed by atoms with Gasteiger partial charge in [0.2, 0.25) is 15.9 Å². The number of hydrogen-bond acceptors (Lipinski definition) is 4. The molecule has 1 rings (SSSR count). The number of hydrogen-bond donors (Lipinski definition) is 1. The number of piperidine rings is 1. The van der Waals surface area contributed by atoms with Crippen molar-refractivity contribution in [3.8, 4) is 0 Å². The Balaban J connectivity index is 2.52. The zero-order valence-corrected chi connectivity index (χ0v) is 11.1. The minimum Gasteiger partial charge on any atom is -0.369 e. The number of likely N-dealkylation sites (tertiary alicyclic amines) is 1. The molecule has 0 aromatic heterocycles. The van der Waals surface area contributed by atoms with Gasteiger partial charge in [-0.15, -0.1) is 0 Å². The highest BCUT2D eigenvalue weighted by atomic mass is 32.2. The Morgan fingerprint density at radius 3 is 2.71 bits per heavy atom. The molecule has 1 aliphatic heterocycles. The lowest BCUT2D eigenvalue weighted by Crippen LogP contribution is -2.48. The van der Waals surface area contributed by atoms with Crippen molar-refractivity contribution in [1.82, 2.24) is 4.90 Å². The average molecular weight is 264 g/mol. The van der Waals surface area contributed by atoms with E-state index in [1.807, 2.05) is 13.8 Å². The summed E-state index contributed by atoms with van der Waals surface area (Å²) in [4.78, 5) is 13.3. The monoisotopic (exact) mass is 264 g/mol. The first-order chi connectivity index (χ1) is 7.80. The Hall–Kier alpha value is -0.660. The van der Waals surface area contributed by atoms with E-state index < -0.39 is 15.3 Å². The van der Waals surface area contributed by atoms with E-state index in [4.69, 9.17) is 9.88 Å².